The van der Waals surface area contributed by atoms with Gasteiger partial charge in [0.05, 0.1) is 10.5 Å². The number of halogens is 4. The summed E-state index contributed by atoms with van der Waals surface area (Å²) < 4.78 is 33.9. The maximum atomic E-state index is 12.7. The molecule has 0 saturated carbocycles. The molecular formula is C17H14BrClF2N4O. The minimum Gasteiger partial charge on any atom is -0.356 e. The number of hydrogen-bond acceptors (Lipinski definition) is 4. The van der Waals surface area contributed by atoms with Crippen molar-refractivity contribution < 1.29 is 13.5 Å². The fourth-order valence-corrected chi connectivity index (χ4v) is 3.99. The Morgan fingerprint density at radius 2 is 2.08 bits per heavy atom. The highest BCUT2D eigenvalue weighted by atomic mass is 79.9. The molecule has 0 spiro atoms. The zero-order chi connectivity index (χ0) is 18.3. The Kier molecular flexibility index (Phi) is 4.90. The quantitative estimate of drug-likeness (QED) is 0.533. The van der Waals surface area contributed by atoms with Crippen LogP contribution in [0.3, 0.4) is 0 Å². The van der Waals surface area contributed by atoms with Crippen LogP contribution in [0.2, 0.25) is 5.02 Å². The van der Waals surface area contributed by atoms with Crippen LogP contribution in [0.25, 0.3) is 22.3 Å². The molecule has 2 aromatic heterocycles. The summed E-state index contributed by atoms with van der Waals surface area (Å²) in [5.74, 6) is 0. The molecular weight excluding hydrogens is 430 g/mol. The van der Waals surface area contributed by atoms with Gasteiger partial charge in [-0.05, 0) is 43.5 Å². The molecule has 136 valence electrons. The summed E-state index contributed by atoms with van der Waals surface area (Å²) in [6.07, 6.45) is 0.0106. The van der Waals surface area contributed by atoms with Crippen LogP contribution in [-0.2, 0) is 4.74 Å². The molecule has 4 rings (SSSR count). The summed E-state index contributed by atoms with van der Waals surface area (Å²) in [6.45, 7) is 0.665. The average Bonchev–Trinajstić information content (AvgIpc) is 3.02. The average molecular weight is 444 g/mol. The van der Waals surface area contributed by atoms with Crippen LogP contribution in [-0.4, -0.2) is 26.6 Å². The topological polar surface area (TPSA) is 52.8 Å². The standard InChI is InChI=1S/C17H14BrClF2N4O/c18-9-7-10-15(12-4-5-13(17(20)21)23-22-12)24-25(16(10)11(19)8-9)14-3-1-2-6-26-14/h4-5,7-8,14,17H,1-3,6H2. The molecule has 1 unspecified atom stereocenters. The zero-order valence-electron chi connectivity index (χ0n) is 13.5. The molecule has 0 radical (unpaired) electrons. The lowest BCUT2D eigenvalue weighted by molar-refractivity contribution is -0.0365. The molecule has 1 aliphatic heterocycles. The van der Waals surface area contributed by atoms with E-state index in [2.05, 4.69) is 31.2 Å². The highest BCUT2D eigenvalue weighted by Crippen LogP contribution is 2.37. The third-order valence-electron chi connectivity index (χ3n) is 4.30. The van der Waals surface area contributed by atoms with Gasteiger partial charge in [0, 0.05) is 16.5 Å². The van der Waals surface area contributed by atoms with Gasteiger partial charge in [0.2, 0.25) is 0 Å². The Morgan fingerprint density at radius 3 is 2.73 bits per heavy atom. The predicted molar refractivity (Wildman–Crippen MR) is 97.3 cm³/mol. The van der Waals surface area contributed by atoms with Gasteiger partial charge in [0.1, 0.15) is 17.1 Å². The number of benzene rings is 1. The van der Waals surface area contributed by atoms with Gasteiger partial charge in [-0.3, -0.25) is 0 Å². The van der Waals surface area contributed by atoms with Crippen molar-refractivity contribution in [1.82, 2.24) is 20.0 Å². The van der Waals surface area contributed by atoms with E-state index in [1.807, 2.05) is 6.07 Å². The van der Waals surface area contributed by atoms with Gasteiger partial charge in [-0.15, -0.1) is 10.2 Å². The summed E-state index contributed by atoms with van der Waals surface area (Å²) >= 11 is 9.91. The first-order valence-electron chi connectivity index (χ1n) is 8.15. The number of ether oxygens (including phenoxy) is 1. The van der Waals surface area contributed by atoms with Crippen molar-refractivity contribution in [2.75, 3.05) is 6.61 Å². The second-order valence-electron chi connectivity index (χ2n) is 6.04. The lowest BCUT2D eigenvalue weighted by atomic mass is 10.1. The van der Waals surface area contributed by atoms with Crippen LogP contribution in [0.1, 0.15) is 37.6 Å². The van der Waals surface area contributed by atoms with E-state index in [1.165, 1.54) is 12.1 Å². The van der Waals surface area contributed by atoms with Gasteiger partial charge in [-0.2, -0.15) is 5.10 Å². The van der Waals surface area contributed by atoms with E-state index < -0.39 is 6.43 Å². The van der Waals surface area contributed by atoms with E-state index >= 15 is 0 Å². The number of nitrogens with zero attached hydrogens (tertiary/aromatic N) is 4. The summed E-state index contributed by atoms with van der Waals surface area (Å²) in [7, 11) is 0. The molecule has 1 aliphatic rings. The SMILES string of the molecule is FC(F)c1ccc(-c2nn(C3CCCCO3)c3c(Cl)cc(Br)cc23)nn1. The first kappa shape index (κ1) is 17.8. The van der Waals surface area contributed by atoms with Gasteiger partial charge < -0.3 is 4.74 Å². The van der Waals surface area contributed by atoms with Crippen molar-refractivity contribution in [1.29, 1.82) is 0 Å². The Labute approximate surface area is 161 Å². The molecule has 0 aliphatic carbocycles. The molecule has 1 fully saturated rings. The van der Waals surface area contributed by atoms with Gasteiger partial charge >= 0.3 is 0 Å². The van der Waals surface area contributed by atoms with Crippen molar-refractivity contribution in [3.63, 3.8) is 0 Å². The second-order valence-corrected chi connectivity index (χ2v) is 7.37. The Balaban J connectivity index is 1.88. The molecule has 5 nitrogen and oxygen atoms in total. The van der Waals surface area contributed by atoms with Crippen LogP contribution in [0, 0.1) is 0 Å². The summed E-state index contributed by atoms with van der Waals surface area (Å²) in [5.41, 5.74) is 1.30. The summed E-state index contributed by atoms with van der Waals surface area (Å²) in [4.78, 5) is 0. The first-order valence-corrected chi connectivity index (χ1v) is 9.32. The van der Waals surface area contributed by atoms with Gasteiger partial charge in [-0.1, -0.05) is 27.5 Å². The molecule has 1 atom stereocenters. The Morgan fingerprint density at radius 1 is 1.23 bits per heavy atom. The van der Waals surface area contributed by atoms with E-state index in [1.54, 1.807) is 10.7 Å². The van der Waals surface area contributed by atoms with Crippen LogP contribution >= 0.6 is 27.5 Å². The maximum Gasteiger partial charge on any atom is 0.282 e. The van der Waals surface area contributed by atoms with Crippen molar-refractivity contribution in [3.05, 3.63) is 39.5 Å². The van der Waals surface area contributed by atoms with Crippen molar-refractivity contribution >= 4 is 38.4 Å². The number of aromatic nitrogens is 4. The number of fused-ring (bicyclic) bond motifs is 1. The smallest absolute Gasteiger partial charge is 0.282 e. The van der Waals surface area contributed by atoms with Crippen LogP contribution in [0.4, 0.5) is 8.78 Å². The monoisotopic (exact) mass is 442 g/mol. The fourth-order valence-electron chi connectivity index (χ4n) is 3.09. The molecule has 3 heterocycles. The molecule has 1 saturated heterocycles. The van der Waals surface area contributed by atoms with Crippen LogP contribution < -0.4 is 0 Å². The summed E-state index contributed by atoms with van der Waals surface area (Å²) in [5, 5.41) is 13.5. The molecule has 9 heteroatoms. The molecule has 0 amide bonds. The Hall–Kier alpha value is -1.64. The van der Waals surface area contributed by atoms with Crippen molar-refractivity contribution in [3.8, 4) is 11.4 Å². The van der Waals surface area contributed by atoms with Crippen LogP contribution in [0.5, 0.6) is 0 Å². The maximum absolute atomic E-state index is 12.7. The molecule has 26 heavy (non-hydrogen) atoms. The minimum absolute atomic E-state index is 0.216. The van der Waals surface area contributed by atoms with Crippen LogP contribution in [0.15, 0.2) is 28.7 Å². The second kappa shape index (κ2) is 7.17. The first-order chi connectivity index (χ1) is 12.5. The lowest BCUT2D eigenvalue weighted by Crippen LogP contribution is -2.19. The number of rotatable bonds is 3. The predicted octanol–water partition coefficient (Wildman–Crippen LogP) is 5.55. The summed E-state index contributed by atoms with van der Waals surface area (Å²) in [6, 6.07) is 6.43. The Bertz CT molecular complexity index is 942. The third kappa shape index (κ3) is 3.21. The third-order valence-corrected chi connectivity index (χ3v) is 5.05. The lowest BCUT2D eigenvalue weighted by Gasteiger charge is -2.23. The van der Waals surface area contributed by atoms with E-state index in [0.29, 0.717) is 23.0 Å². The van der Waals surface area contributed by atoms with Gasteiger partial charge in [-0.25, -0.2) is 13.5 Å². The molecule has 1 aromatic carbocycles. The van der Waals surface area contributed by atoms with E-state index in [4.69, 9.17) is 16.3 Å². The molecule has 0 N–H and O–H groups in total. The van der Waals surface area contributed by atoms with E-state index in [-0.39, 0.29) is 11.9 Å². The van der Waals surface area contributed by atoms with E-state index in [9.17, 15) is 8.78 Å². The highest BCUT2D eigenvalue weighted by molar-refractivity contribution is 9.10. The largest absolute Gasteiger partial charge is 0.356 e. The van der Waals surface area contributed by atoms with Crippen molar-refractivity contribution in [2.24, 2.45) is 0 Å². The zero-order valence-corrected chi connectivity index (χ0v) is 15.8. The normalized spacial score (nSPS) is 18.0. The molecule has 3 aromatic rings. The van der Waals surface area contributed by atoms with Crippen molar-refractivity contribution in [2.45, 2.75) is 31.9 Å². The number of alkyl halides is 2. The number of hydrogen-bond donors (Lipinski definition) is 0. The van der Waals surface area contributed by atoms with E-state index in [0.717, 1.165) is 34.6 Å². The highest BCUT2D eigenvalue weighted by Gasteiger charge is 2.24. The minimum atomic E-state index is -2.66. The molecule has 0 bridgehead atoms. The van der Waals surface area contributed by atoms with Gasteiger partial charge in [0.15, 0.2) is 6.23 Å². The van der Waals surface area contributed by atoms with Gasteiger partial charge in [0.25, 0.3) is 6.43 Å². The fraction of sp³-hybridized carbons (Fsp3) is 0.353.